The highest BCUT2D eigenvalue weighted by molar-refractivity contribution is 8.12. The van der Waals surface area contributed by atoms with Crippen molar-refractivity contribution in [3.63, 3.8) is 0 Å². The van der Waals surface area contributed by atoms with E-state index >= 15 is 0 Å². The van der Waals surface area contributed by atoms with E-state index in [2.05, 4.69) is 0 Å². The zero-order chi connectivity index (χ0) is 16.1. The maximum Gasteiger partial charge on any atom is 0.410 e. The maximum atomic E-state index is 12.0. The fourth-order valence-corrected chi connectivity index (χ4v) is 4.45. The zero-order valence-corrected chi connectivity index (χ0v) is 13.8. The van der Waals surface area contributed by atoms with E-state index in [1.807, 2.05) is 0 Å². The number of piperidine rings is 1. The van der Waals surface area contributed by atoms with Crippen LogP contribution in [0.4, 0.5) is 4.79 Å². The van der Waals surface area contributed by atoms with Crippen molar-refractivity contribution < 1.29 is 22.7 Å². The van der Waals surface area contributed by atoms with Gasteiger partial charge in [0.25, 0.3) is 0 Å². The van der Waals surface area contributed by atoms with Crippen LogP contribution in [0.2, 0.25) is 0 Å². The molecule has 9 heteroatoms. The Morgan fingerprint density at radius 2 is 1.81 bits per heavy atom. The van der Waals surface area contributed by atoms with E-state index in [9.17, 15) is 18.0 Å². The molecule has 0 saturated carbocycles. The van der Waals surface area contributed by atoms with Crippen LogP contribution in [0.1, 0.15) is 40.0 Å². The van der Waals surface area contributed by atoms with E-state index in [1.54, 1.807) is 20.8 Å². The first-order valence-corrected chi connectivity index (χ1v) is 8.97. The molecule has 2 aliphatic heterocycles. The summed E-state index contributed by atoms with van der Waals surface area (Å²) in [6.45, 7) is 6.02. The van der Waals surface area contributed by atoms with E-state index in [4.69, 9.17) is 15.4 Å². The van der Waals surface area contributed by atoms with Crippen molar-refractivity contribution in [1.29, 1.82) is 0 Å². The first-order chi connectivity index (χ1) is 9.45. The van der Waals surface area contributed by atoms with E-state index in [0.29, 0.717) is 25.9 Å². The third kappa shape index (κ3) is 3.26. The normalized spacial score (nSPS) is 22.2. The van der Waals surface area contributed by atoms with Crippen LogP contribution in [0.15, 0.2) is 0 Å². The molecule has 0 N–H and O–H groups in total. The van der Waals surface area contributed by atoms with Crippen molar-refractivity contribution in [2.24, 2.45) is 0 Å². The van der Waals surface area contributed by atoms with Gasteiger partial charge < -0.3 is 9.64 Å². The Labute approximate surface area is 128 Å². The summed E-state index contributed by atoms with van der Waals surface area (Å²) in [6, 6.07) is 0. The highest BCUT2D eigenvalue weighted by Gasteiger charge is 2.57. The number of hydrogen-bond acceptors (Lipinski definition) is 5. The van der Waals surface area contributed by atoms with Crippen molar-refractivity contribution in [2.75, 3.05) is 13.1 Å². The van der Waals surface area contributed by atoms with Gasteiger partial charge in [0, 0.05) is 23.8 Å². The lowest BCUT2D eigenvalue weighted by Crippen LogP contribution is -2.68. The van der Waals surface area contributed by atoms with E-state index in [-0.39, 0.29) is 6.42 Å². The molecule has 2 aliphatic rings. The van der Waals surface area contributed by atoms with Gasteiger partial charge in [0.1, 0.15) is 5.60 Å². The van der Waals surface area contributed by atoms with Gasteiger partial charge in [-0.05, 0) is 33.6 Å². The molecule has 2 heterocycles. The molecule has 0 unspecified atom stereocenters. The summed E-state index contributed by atoms with van der Waals surface area (Å²) in [5.41, 5.74) is -1.35. The molecule has 2 fully saturated rings. The Balaban J connectivity index is 2.01. The van der Waals surface area contributed by atoms with Crippen LogP contribution in [0.5, 0.6) is 0 Å². The number of amides is 2. The van der Waals surface area contributed by atoms with E-state index < -0.39 is 32.4 Å². The minimum Gasteiger partial charge on any atom is -0.444 e. The molecule has 0 aromatic heterocycles. The summed E-state index contributed by atoms with van der Waals surface area (Å²) in [5.74, 6) is -0.490. The van der Waals surface area contributed by atoms with Gasteiger partial charge in [-0.2, -0.15) is 8.42 Å². The molecule has 2 saturated heterocycles. The predicted molar refractivity (Wildman–Crippen MR) is 76.0 cm³/mol. The smallest absolute Gasteiger partial charge is 0.410 e. The Morgan fingerprint density at radius 1 is 1.29 bits per heavy atom. The van der Waals surface area contributed by atoms with Crippen LogP contribution >= 0.6 is 10.7 Å². The molecule has 120 valence electrons. The molecule has 2 amide bonds. The van der Waals surface area contributed by atoms with Gasteiger partial charge >= 0.3 is 15.3 Å². The summed E-state index contributed by atoms with van der Waals surface area (Å²) in [5, 5.41) is 0. The van der Waals surface area contributed by atoms with E-state index in [0.717, 1.165) is 4.31 Å². The van der Waals surface area contributed by atoms with Crippen LogP contribution in [-0.4, -0.2) is 53.9 Å². The molecule has 0 aromatic carbocycles. The highest BCUT2D eigenvalue weighted by Crippen LogP contribution is 2.43. The van der Waals surface area contributed by atoms with Crippen molar-refractivity contribution in [3.05, 3.63) is 0 Å². The van der Waals surface area contributed by atoms with E-state index in [1.165, 1.54) is 4.90 Å². The maximum absolute atomic E-state index is 12.0. The number of carbonyl (C=O) groups excluding carboxylic acids is 2. The zero-order valence-electron chi connectivity index (χ0n) is 12.3. The molecule has 0 aliphatic carbocycles. The summed E-state index contributed by atoms with van der Waals surface area (Å²) in [7, 11) is 1.24. The third-order valence-electron chi connectivity index (χ3n) is 3.70. The molecule has 0 aromatic rings. The number of hydrogen-bond donors (Lipinski definition) is 0. The van der Waals surface area contributed by atoms with Gasteiger partial charge in [0.2, 0.25) is 5.91 Å². The van der Waals surface area contributed by atoms with Gasteiger partial charge in [-0.3, -0.25) is 4.79 Å². The Morgan fingerprint density at radius 3 is 2.19 bits per heavy atom. The second-order valence-electron chi connectivity index (χ2n) is 6.47. The summed E-state index contributed by atoms with van der Waals surface area (Å²) < 4.78 is 29.0. The standard InChI is InChI=1S/C12H19ClN2O5S/c1-11(2,3)20-10(17)14-6-4-12(5-7-14)8-9(16)15(12)21(13,18)19/h4-8H2,1-3H3. The lowest BCUT2D eigenvalue weighted by Gasteiger charge is -2.53. The number of halogens is 1. The minimum absolute atomic E-state index is 0.154. The molecular weight excluding hydrogens is 320 g/mol. The largest absolute Gasteiger partial charge is 0.444 e. The first-order valence-electron chi connectivity index (χ1n) is 6.70. The second kappa shape index (κ2) is 5.01. The summed E-state index contributed by atoms with van der Waals surface area (Å²) >= 11 is 0. The number of likely N-dealkylation sites (tertiary alicyclic amines) is 1. The van der Waals surface area contributed by atoms with Crippen LogP contribution in [0.25, 0.3) is 0 Å². The molecule has 0 bridgehead atoms. The number of ether oxygens (including phenoxy) is 1. The Kier molecular flexibility index (Phi) is 3.90. The molecule has 2 rings (SSSR count). The van der Waals surface area contributed by atoms with Crippen molar-refractivity contribution in [3.8, 4) is 0 Å². The topological polar surface area (TPSA) is 84.0 Å². The molecule has 0 atom stereocenters. The van der Waals surface area contributed by atoms with Gasteiger partial charge in [0.05, 0.1) is 12.0 Å². The average Bonchev–Trinajstić information content (AvgIpc) is 2.24. The number of β-lactam (4-membered cyclic amide) rings is 1. The van der Waals surface area contributed by atoms with Crippen LogP contribution in [0, 0.1) is 0 Å². The molecule has 1 spiro atoms. The molecule has 21 heavy (non-hydrogen) atoms. The second-order valence-corrected chi connectivity index (χ2v) is 8.83. The van der Waals surface area contributed by atoms with Gasteiger partial charge in [0.15, 0.2) is 0 Å². The fraction of sp³-hybridized carbons (Fsp3) is 0.833. The van der Waals surface area contributed by atoms with Gasteiger partial charge in [-0.15, -0.1) is 0 Å². The lowest BCUT2D eigenvalue weighted by molar-refractivity contribution is -0.148. The Bertz CT molecular complexity index is 561. The highest BCUT2D eigenvalue weighted by atomic mass is 35.7. The minimum atomic E-state index is -4.07. The SMILES string of the molecule is CC(C)(C)OC(=O)N1CCC2(CC1)CC(=O)N2S(=O)(=O)Cl. The monoisotopic (exact) mass is 338 g/mol. The summed E-state index contributed by atoms with van der Waals surface area (Å²) in [4.78, 5) is 25.0. The average molecular weight is 339 g/mol. The summed E-state index contributed by atoms with van der Waals surface area (Å²) in [6.07, 6.45) is 0.484. The molecule has 7 nitrogen and oxygen atoms in total. The molecular formula is C12H19ClN2O5S. The van der Waals surface area contributed by atoms with Crippen molar-refractivity contribution in [1.82, 2.24) is 9.21 Å². The number of rotatable bonds is 1. The van der Waals surface area contributed by atoms with Crippen LogP contribution in [0.3, 0.4) is 0 Å². The Hall–Kier alpha value is -1.02. The number of nitrogens with zero attached hydrogens (tertiary/aromatic N) is 2. The van der Waals surface area contributed by atoms with Gasteiger partial charge in [-0.1, -0.05) is 0 Å². The van der Waals surface area contributed by atoms with Gasteiger partial charge in [-0.25, -0.2) is 9.10 Å². The van der Waals surface area contributed by atoms with Crippen molar-refractivity contribution >= 4 is 31.9 Å². The van der Waals surface area contributed by atoms with Crippen LogP contribution in [-0.2, 0) is 18.8 Å². The lowest BCUT2D eigenvalue weighted by atomic mass is 9.78. The molecule has 0 radical (unpaired) electrons. The van der Waals surface area contributed by atoms with Crippen LogP contribution < -0.4 is 0 Å². The fourth-order valence-electron chi connectivity index (χ4n) is 2.76. The third-order valence-corrected chi connectivity index (χ3v) is 5.14. The first kappa shape index (κ1) is 16.4. The van der Waals surface area contributed by atoms with Crippen molar-refractivity contribution in [2.45, 2.75) is 51.2 Å². The number of carbonyl (C=O) groups is 2. The predicted octanol–water partition coefficient (Wildman–Crippen LogP) is 1.47. The quantitative estimate of drug-likeness (QED) is 0.534.